The highest BCUT2D eigenvalue weighted by Crippen LogP contribution is 2.24. The van der Waals surface area contributed by atoms with Crippen molar-refractivity contribution in [1.29, 1.82) is 0 Å². The molecule has 1 aromatic carbocycles. The largest absolute Gasteiger partial charge is 0.497 e. The fourth-order valence-corrected chi connectivity index (χ4v) is 2.23. The lowest BCUT2D eigenvalue weighted by Crippen LogP contribution is -2.34. The van der Waals surface area contributed by atoms with Crippen LogP contribution >= 0.6 is 0 Å². The minimum Gasteiger partial charge on any atom is -0.497 e. The van der Waals surface area contributed by atoms with E-state index in [-0.39, 0.29) is 0 Å². The summed E-state index contributed by atoms with van der Waals surface area (Å²) in [6.45, 7) is 6.24. The summed E-state index contributed by atoms with van der Waals surface area (Å²) in [5, 5.41) is 0. The summed E-state index contributed by atoms with van der Waals surface area (Å²) < 4.78 is 5.30. The molecule has 0 aliphatic rings. The van der Waals surface area contributed by atoms with Gasteiger partial charge in [-0.3, -0.25) is 0 Å². The third kappa shape index (κ3) is 4.22. The molecular weight excluding hydrogens is 224 g/mol. The van der Waals surface area contributed by atoms with Crippen molar-refractivity contribution in [3.63, 3.8) is 0 Å². The van der Waals surface area contributed by atoms with Gasteiger partial charge in [-0.15, -0.1) is 0 Å². The maximum Gasteiger partial charge on any atom is 0.120 e. The van der Waals surface area contributed by atoms with E-state index in [1.54, 1.807) is 7.11 Å². The van der Waals surface area contributed by atoms with Gasteiger partial charge in [0.05, 0.1) is 7.11 Å². The van der Waals surface area contributed by atoms with Crippen LogP contribution in [0.3, 0.4) is 0 Å². The van der Waals surface area contributed by atoms with Crippen LogP contribution in [-0.4, -0.2) is 26.2 Å². The van der Waals surface area contributed by atoms with Crippen molar-refractivity contribution in [3.05, 3.63) is 24.3 Å². The molecule has 0 spiro atoms. The third-order valence-corrected chi connectivity index (χ3v) is 3.23. The number of hydrogen-bond acceptors (Lipinski definition) is 3. The maximum absolute atomic E-state index is 5.63. The van der Waals surface area contributed by atoms with Gasteiger partial charge < -0.3 is 15.4 Å². The van der Waals surface area contributed by atoms with Gasteiger partial charge in [-0.1, -0.05) is 19.4 Å². The predicted octanol–water partition coefficient (Wildman–Crippen LogP) is 3.04. The first-order chi connectivity index (χ1) is 8.72. The first-order valence-corrected chi connectivity index (χ1v) is 6.83. The molecule has 0 heterocycles. The number of nitrogens with two attached hydrogens (primary N) is 1. The molecule has 0 saturated heterocycles. The Morgan fingerprint density at radius 1 is 1.39 bits per heavy atom. The van der Waals surface area contributed by atoms with Crippen molar-refractivity contribution >= 4 is 5.69 Å². The van der Waals surface area contributed by atoms with Crippen LogP contribution in [0.4, 0.5) is 5.69 Å². The molecule has 0 aliphatic carbocycles. The molecule has 0 amide bonds. The average molecular weight is 250 g/mol. The van der Waals surface area contributed by atoms with Gasteiger partial charge >= 0.3 is 0 Å². The predicted molar refractivity (Wildman–Crippen MR) is 78.4 cm³/mol. The molecular formula is C15H26N2O. The molecule has 3 nitrogen and oxygen atoms in total. The Kier molecular flexibility index (Phi) is 6.58. The van der Waals surface area contributed by atoms with Crippen molar-refractivity contribution < 1.29 is 4.74 Å². The molecule has 0 bridgehead atoms. The zero-order valence-electron chi connectivity index (χ0n) is 11.9. The Balaban J connectivity index is 2.85. The van der Waals surface area contributed by atoms with Crippen LogP contribution in [0, 0.1) is 0 Å². The highest BCUT2D eigenvalue weighted by Gasteiger charge is 2.13. The number of rotatable bonds is 8. The molecule has 0 saturated carbocycles. The molecule has 1 aromatic rings. The second-order valence-corrected chi connectivity index (χ2v) is 4.67. The highest BCUT2D eigenvalue weighted by molar-refractivity contribution is 5.51. The number of hydrogen-bond donors (Lipinski definition) is 1. The van der Waals surface area contributed by atoms with Crippen LogP contribution in [0.2, 0.25) is 0 Å². The normalized spacial score (nSPS) is 12.2. The van der Waals surface area contributed by atoms with Gasteiger partial charge in [0.2, 0.25) is 0 Å². The van der Waals surface area contributed by atoms with Gasteiger partial charge in [0.1, 0.15) is 5.75 Å². The van der Waals surface area contributed by atoms with Crippen molar-refractivity contribution in [2.75, 3.05) is 25.1 Å². The summed E-state index contributed by atoms with van der Waals surface area (Å²) in [5.41, 5.74) is 6.86. The van der Waals surface area contributed by atoms with Crippen LogP contribution in [-0.2, 0) is 0 Å². The monoisotopic (exact) mass is 250 g/mol. The van der Waals surface area contributed by atoms with Gasteiger partial charge in [-0.2, -0.15) is 0 Å². The number of benzene rings is 1. The molecule has 0 aliphatic heterocycles. The first-order valence-electron chi connectivity index (χ1n) is 6.83. The van der Waals surface area contributed by atoms with E-state index in [0.717, 1.165) is 25.3 Å². The van der Waals surface area contributed by atoms with Crippen LogP contribution < -0.4 is 15.4 Å². The molecule has 2 N–H and O–H groups in total. The lowest BCUT2D eigenvalue weighted by atomic mass is 10.1. The van der Waals surface area contributed by atoms with Gasteiger partial charge in [0, 0.05) is 24.3 Å². The fourth-order valence-electron chi connectivity index (χ4n) is 2.23. The van der Waals surface area contributed by atoms with Crippen molar-refractivity contribution in [2.45, 2.75) is 39.2 Å². The molecule has 1 unspecified atom stereocenters. The highest BCUT2D eigenvalue weighted by atomic mass is 16.5. The number of ether oxygens (including phenoxy) is 1. The van der Waals surface area contributed by atoms with Crippen molar-refractivity contribution in [2.24, 2.45) is 5.73 Å². The van der Waals surface area contributed by atoms with E-state index in [4.69, 9.17) is 10.5 Å². The lowest BCUT2D eigenvalue weighted by Gasteiger charge is -2.31. The topological polar surface area (TPSA) is 38.5 Å². The zero-order valence-corrected chi connectivity index (χ0v) is 11.9. The standard InChI is InChI=1S/C15H26N2O/c1-4-7-13(2)17(11-6-10-16)14-8-5-9-15(12-14)18-3/h5,8-9,12-13H,4,6-7,10-11,16H2,1-3H3. The minimum absolute atomic E-state index is 0.536. The summed E-state index contributed by atoms with van der Waals surface area (Å²) >= 11 is 0. The van der Waals surface area contributed by atoms with E-state index in [0.29, 0.717) is 6.04 Å². The smallest absolute Gasteiger partial charge is 0.120 e. The van der Waals surface area contributed by atoms with Gasteiger partial charge in [-0.05, 0) is 38.4 Å². The second kappa shape index (κ2) is 7.98. The summed E-state index contributed by atoms with van der Waals surface area (Å²) in [7, 11) is 1.71. The molecule has 1 rings (SSSR count). The van der Waals surface area contributed by atoms with E-state index in [1.807, 2.05) is 12.1 Å². The molecule has 102 valence electrons. The fraction of sp³-hybridized carbons (Fsp3) is 0.600. The molecule has 0 radical (unpaired) electrons. The number of nitrogens with zero attached hydrogens (tertiary/aromatic N) is 1. The Bertz CT molecular complexity index is 341. The van der Waals surface area contributed by atoms with Crippen LogP contribution in [0.15, 0.2) is 24.3 Å². The van der Waals surface area contributed by atoms with Gasteiger partial charge in [0.25, 0.3) is 0 Å². The molecule has 0 fully saturated rings. The Morgan fingerprint density at radius 3 is 2.78 bits per heavy atom. The summed E-state index contributed by atoms with van der Waals surface area (Å²) in [5.74, 6) is 0.911. The second-order valence-electron chi connectivity index (χ2n) is 4.67. The van der Waals surface area contributed by atoms with E-state index in [1.165, 1.54) is 18.5 Å². The third-order valence-electron chi connectivity index (χ3n) is 3.23. The average Bonchev–Trinajstić information content (AvgIpc) is 2.40. The molecule has 18 heavy (non-hydrogen) atoms. The molecule has 1 atom stereocenters. The Labute approximate surface area is 111 Å². The van der Waals surface area contributed by atoms with E-state index >= 15 is 0 Å². The summed E-state index contributed by atoms with van der Waals surface area (Å²) in [4.78, 5) is 2.43. The van der Waals surface area contributed by atoms with E-state index < -0.39 is 0 Å². The Hall–Kier alpha value is -1.22. The van der Waals surface area contributed by atoms with Crippen LogP contribution in [0.25, 0.3) is 0 Å². The number of methoxy groups -OCH3 is 1. The maximum atomic E-state index is 5.63. The lowest BCUT2D eigenvalue weighted by molar-refractivity contribution is 0.414. The zero-order chi connectivity index (χ0) is 13.4. The van der Waals surface area contributed by atoms with Gasteiger partial charge in [-0.25, -0.2) is 0 Å². The Morgan fingerprint density at radius 2 is 2.17 bits per heavy atom. The van der Waals surface area contributed by atoms with Crippen molar-refractivity contribution in [1.82, 2.24) is 0 Å². The first kappa shape index (κ1) is 14.8. The van der Waals surface area contributed by atoms with Crippen molar-refractivity contribution in [3.8, 4) is 5.75 Å². The summed E-state index contributed by atoms with van der Waals surface area (Å²) in [6.07, 6.45) is 3.41. The van der Waals surface area contributed by atoms with Gasteiger partial charge in [0.15, 0.2) is 0 Å². The SMILES string of the molecule is CCCC(C)N(CCCN)c1cccc(OC)c1. The van der Waals surface area contributed by atoms with Crippen LogP contribution in [0.5, 0.6) is 5.75 Å². The summed E-state index contributed by atoms with van der Waals surface area (Å²) in [6, 6.07) is 8.80. The minimum atomic E-state index is 0.536. The number of anilines is 1. The molecule has 0 aromatic heterocycles. The van der Waals surface area contributed by atoms with E-state index in [9.17, 15) is 0 Å². The van der Waals surface area contributed by atoms with Crippen LogP contribution in [0.1, 0.15) is 33.1 Å². The molecule has 3 heteroatoms. The quantitative estimate of drug-likeness (QED) is 0.770. The van der Waals surface area contributed by atoms with E-state index in [2.05, 4.69) is 30.9 Å².